The van der Waals surface area contributed by atoms with Crippen LogP contribution in [0.2, 0.25) is 0 Å². The first-order valence-corrected chi connectivity index (χ1v) is 7.80. The Kier molecular flexibility index (Phi) is 17.8. The summed E-state index contributed by atoms with van der Waals surface area (Å²) >= 11 is 0. The van der Waals surface area contributed by atoms with Gasteiger partial charge in [0.25, 0.3) is 15.6 Å². The van der Waals surface area contributed by atoms with E-state index in [1.807, 2.05) is 0 Å². The van der Waals surface area contributed by atoms with Gasteiger partial charge < -0.3 is 42.0 Å². The van der Waals surface area contributed by atoms with Gasteiger partial charge in [-0.15, -0.1) is 0 Å². The Morgan fingerprint density at radius 2 is 1.20 bits per heavy atom. The summed E-state index contributed by atoms with van der Waals surface area (Å²) in [5, 5.41) is 0. The van der Waals surface area contributed by atoms with Gasteiger partial charge in [-0.2, -0.15) is 0 Å². The van der Waals surface area contributed by atoms with Crippen molar-refractivity contribution >= 4 is 15.6 Å². The van der Waals surface area contributed by atoms with Crippen LogP contribution < -0.4 is 21.3 Å². The van der Waals surface area contributed by atoms with E-state index >= 15 is 0 Å². The van der Waals surface area contributed by atoms with Crippen molar-refractivity contribution in [2.24, 2.45) is 11.5 Å². The SMILES string of the molecule is N[C@H]1CCCC[C@@H]1N.O=P([O-])(O)OP(=O)([O-])O.[OH-].[OH-].[Pt+4]. The fraction of sp³-hybridized carbons (Fsp3) is 1.00. The van der Waals surface area contributed by atoms with Crippen LogP contribution >= 0.6 is 15.6 Å². The first-order chi connectivity index (χ1) is 7.51. The van der Waals surface area contributed by atoms with Crippen LogP contribution in [0, 0.1) is 0 Å². The van der Waals surface area contributed by atoms with E-state index in [-0.39, 0.29) is 44.1 Å². The standard InChI is InChI=1S/C6H14N2.H4O7P2.2H2O.Pt/c7-5-3-1-2-4-6(5)8;1-8(2,3)7-9(4,5)6;;;/h5-6H,1-4,7-8H2;(H2,1,2,3)(H2,4,5,6);2*1H2;/q;;;;+4/p-4/t5-,6-;;;;/m0..../s1. The van der Waals surface area contributed by atoms with Gasteiger partial charge in [0.1, 0.15) is 0 Å². The zero-order valence-corrected chi connectivity index (χ0v) is 14.2. The molecule has 0 aromatic heterocycles. The second-order valence-corrected chi connectivity index (χ2v) is 6.16. The molecule has 1 fully saturated rings. The van der Waals surface area contributed by atoms with E-state index in [2.05, 4.69) is 4.31 Å². The predicted octanol–water partition coefficient (Wildman–Crippen LogP) is -2.22. The minimum atomic E-state index is -5.36. The molecule has 0 aromatic rings. The monoisotopic (exact) mass is 519 g/mol. The molecule has 1 rings (SSSR count). The van der Waals surface area contributed by atoms with Crippen molar-refractivity contribution in [1.82, 2.24) is 0 Å². The summed E-state index contributed by atoms with van der Waals surface area (Å²) in [6.45, 7) is 0. The Morgan fingerprint density at radius 1 is 0.950 bits per heavy atom. The molecule has 0 spiro atoms. The van der Waals surface area contributed by atoms with E-state index in [1.54, 1.807) is 0 Å². The van der Waals surface area contributed by atoms with Crippen molar-refractivity contribution in [1.29, 1.82) is 0 Å². The zero-order valence-electron chi connectivity index (χ0n) is 10.2. The average molecular weight is 519 g/mol. The normalized spacial score (nSPS) is 26.9. The molecular weight excluding hydrogens is 501 g/mol. The van der Waals surface area contributed by atoms with Gasteiger partial charge in [0.2, 0.25) is 0 Å². The van der Waals surface area contributed by atoms with Gasteiger partial charge in [0.15, 0.2) is 0 Å². The molecule has 0 aromatic carbocycles. The zero-order chi connectivity index (χ0) is 13.7. The average Bonchev–Trinajstić information content (AvgIpc) is 2.04. The van der Waals surface area contributed by atoms with Gasteiger partial charge in [0, 0.05) is 12.1 Å². The Labute approximate surface area is 130 Å². The molecule has 0 amide bonds. The molecule has 0 aliphatic heterocycles. The third kappa shape index (κ3) is 18.8. The Bertz CT molecular complexity index is 292. The van der Waals surface area contributed by atoms with Crippen LogP contribution in [-0.4, -0.2) is 32.8 Å². The molecule has 11 nitrogen and oxygen atoms in total. The maximum Gasteiger partial charge on any atom is 4.00 e. The molecule has 1 saturated carbocycles. The summed E-state index contributed by atoms with van der Waals surface area (Å²) in [6.07, 6.45) is 4.80. The van der Waals surface area contributed by atoms with Crippen LogP contribution in [0.15, 0.2) is 0 Å². The molecule has 1 aliphatic carbocycles. The van der Waals surface area contributed by atoms with Crippen molar-refractivity contribution in [3.8, 4) is 0 Å². The first kappa shape index (κ1) is 28.9. The van der Waals surface area contributed by atoms with Gasteiger partial charge in [-0.05, 0) is 12.8 Å². The van der Waals surface area contributed by atoms with Crippen LogP contribution in [0.4, 0.5) is 0 Å². The molecule has 0 heterocycles. The third-order valence-corrected chi connectivity index (χ3v) is 3.73. The van der Waals surface area contributed by atoms with Crippen LogP contribution in [0.25, 0.3) is 0 Å². The summed E-state index contributed by atoms with van der Waals surface area (Å²) in [5.41, 5.74) is 11.3. The summed E-state index contributed by atoms with van der Waals surface area (Å²) in [6, 6.07) is 0.562. The van der Waals surface area contributed by atoms with Gasteiger partial charge in [-0.3, -0.25) is 9.13 Å². The van der Waals surface area contributed by atoms with Gasteiger partial charge >= 0.3 is 21.1 Å². The number of hydrogen-bond donors (Lipinski definition) is 4. The summed E-state index contributed by atoms with van der Waals surface area (Å²) < 4.78 is 21.7. The Balaban J connectivity index is -0.000000112. The molecule has 0 bridgehead atoms. The van der Waals surface area contributed by atoms with E-state index in [9.17, 15) is 18.9 Å². The molecule has 8 N–H and O–H groups in total. The van der Waals surface area contributed by atoms with Gasteiger partial charge in [-0.1, -0.05) is 12.8 Å². The van der Waals surface area contributed by atoms with Crippen LogP contribution in [0.3, 0.4) is 0 Å². The number of hydrogen-bond acceptors (Lipinski definition) is 9. The Morgan fingerprint density at radius 3 is 1.30 bits per heavy atom. The first-order valence-electron chi connectivity index (χ1n) is 4.81. The van der Waals surface area contributed by atoms with Crippen molar-refractivity contribution in [2.75, 3.05) is 0 Å². The maximum absolute atomic E-state index is 9.48. The molecule has 14 heteroatoms. The summed E-state index contributed by atoms with van der Waals surface area (Å²) in [7, 11) is -10.7. The predicted molar refractivity (Wildman–Crippen MR) is 59.0 cm³/mol. The molecule has 1 aliphatic rings. The molecule has 20 heavy (non-hydrogen) atoms. The number of nitrogens with two attached hydrogens (primary N) is 2. The van der Waals surface area contributed by atoms with E-state index in [1.165, 1.54) is 12.8 Å². The third-order valence-electron chi connectivity index (χ3n) is 2.08. The van der Waals surface area contributed by atoms with E-state index in [0.717, 1.165) is 12.8 Å². The minimum Gasteiger partial charge on any atom is -0.870 e. The summed E-state index contributed by atoms with van der Waals surface area (Å²) in [4.78, 5) is 34.1. The molecule has 2 unspecified atom stereocenters. The maximum atomic E-state index is 9.48. The molecule has 126 valence electrons. The van der Waals surface area contributed by atoms with Gasteiger partial charge in [-0.25, -0.2) is 4.31 Å². The second-order valence-electron chi connectivity index (χ2n) is 3.63. The van der Waals surface area contributed by atoms with Crippen molar-refractivity contribution in [3.05, 3.63) is 0 Å². The molecule has 0 saturated heterocycles. The number of rotatable bonds is 2. The molecular formula is C6H18N2O9P2Pt. The Hall–Kier alpha value is 0.788. The van der Waals surface area contributed by atoms with Crippen LogP contribution in [-0.2, 0) is 34.5 Å². The van der Waals surface area contributed by atoms with Gasteiger partial charge in [0.05, 0.1) is 0 Å². The smallest absolute Gasteiger partial charge is 0.870 e. The number of phosphoric acid groups is 2. The van der Waals surface area contributed by atoms with Crippen LogP contribution in [0.5, 0.6) is 0 Å². The van der Waals surface area contributed by atoms with E-state index in [4.69, 9.17) is 21.3 Å². The summed E-state index contributed by atoms with van der Waals surface area (Å²) in [5.74, 6) is 0. The second kappa shape index (κ2) is 12.3. The molecule has 4 atom stereocenters. The van der Waals surface area contributed by atoms with E-state index in [0.29, 0.717) is 0 Å². The van der Waals surface area contributed by atoms with Crippen molar-refractivity contribution in [3.63, 3.8) is 0 Å². The largest absolute Gasteiger partial charge is 4.00 e. The fourth-order valence-corrected chi connectivity index (χ4v) is 2.36. The molecule has 0 radical (unpaired) electrons. The minimum absolute atomic E-state index is 0. The van der Waals surface area contributed by atoms with Crippen LogP contribution in [0.1, 0.15) is 25.7 Å². The fourth-order valence-electron chi connectivity index (χ4n) is 1.32. The van der Waals surface area contributed by atoms with Crippen molar-refractivity contribution < 1.29 is 65.0 Å². The topological polar surface area (TPSA) is 242 Å². The van der Waals surface area contributed by atoms with E-state index < -0.39 is 15.6 Å². The van der Waals surface area contributed by atoms with Crippen molar-refractivity contribution in [2.45, 2.75) is 37.8 Å². The quantitative estimate of drug-likeness (QED) is 0.285.